The van der Waals surface area contributed by atoms with Crippen molar-refractivity contribution in [2.75, 3.05) is 6.54 Å². The highest BCUT2D eigenvalue weighted by molar-refractivity contribution is 5.35. The van der Waals surface area contributed by atoms with Crippen LogP contribution in [-0.4, -0.2) is 11.5 Å². The second-order valence-corrected chi connectivity index (χ2v) is 4.61. The molecule has 0 aliphatic heterocycles. The maximum absolute atomic E-state index is 5.84. The summed E-state index contributed by atoms with van der Waals surface area (Å²) in [5.74, 6) is 1.50. The highest BCUT2D eigenvalue weighted by atomic mass is 16.5. The number of ether oxygens (including phenoxy) is 1. The summed E-state index contributed by atoms with van der Waals surface area (Å²) in [5, 5.41) is 0. The molecule has 1 aromatic heterocycles. The van der Waals surface area contributed by atoms with Crippen LogP contribution in [-0.2, 0) is 12.8 Å². The Morgan fingerprint density at radius 3 is 2.74 bits per heavy atom. The zero-order valence-corrected chi connectivity index (χ0v) is 11.5. The van der Waals surface area contributed by atoms with E-state index in [1.807, 2.05) is 25.3 Å². The summed E-state index contributed by atoms with van der Waals surface area (Å²) < 4.78 is 5.84. The van der Waals surface area contributed by atoms with Crippen molar-refractivity contribution in [1.29, 1.82) is 0 Å². The van der Waals surface area contributed by atoms with Gasteiger partial charge in [0.15, 0.2) is 0 Å². The van der Waals surface area contributed by atoms with Gasteiger partial charge in [-0.3, -0.25) is 0 Å². The van der Waals surface area contributed by atoms with E-state index < -0.39 is 0 Å². The molecule has 0 amide bonds. The summed E-state index contributed by atoms with van der Waals surface area (Å²) in [6.45, 7) is 4.77. The molecule has 0 saturated heterocycles. The van der Waals surface area contributed by atoms with Crippen LogP contribution in [0.4, 0.5) is 0 Å². The van der Waals surface area contributed by atoms with Gasteiger partial charge < -0.3 is 10.5 Å². The van der Waals surface area contributed by atoms with Crippen molar-refractivity contribution >= 4 is 0 Å². The molecular weight excluding hydrogens is 236 g/mol. The third-order valence-electron chi connectivity index (χ3n) is 3.04. The van der Waals surface area contributed by atoms with Crippen molar-refractivity contribution in [2.24, 2.45) is 5.73 Å². The first-order chi connectivity index (χ1) is 9.22. The van der Waals surface area contributed by atoms with Gasteiger partial charge in [-0.25, -0.2) is 4.98 Å². The lowest BCUT2D eigenvalue weighted by molar-refractivity contribution is 0.458. The predicted octanol–water partition coefficient (Wildman–Crippen LogP) is 3.25. The molecule has 3 heteroatoms. The number of hydrogen-bond donors (Lipinski definition) is 1. The molecular formula is C16H20N2O. The van der Waals surface area contributed by atoms with Crippen molar-refractivity contribution in [3.63, 3.8) is 0 Å². The van der Waals surface area contributed by atoms with Crippen molar-refractivity contribution in [3.8, 4) is 11.6 Å². The molecule has 0 radical (unpaired) electrons. The molecule has 2 aromatic rings. The van der Waals surface area contributed by atoms with Crippen LogP contribution in [0.1, 0.15) is 23.6 Å². The van der Waals surface area contributed by atoms with Crippen molar-refractivity contribution < 1.29 is 4.74 Å². The first kappa shape index (κ1) is 13.6. The van der Waals surface area contributed by atoms with E-state index in [-0.39, 0.29) is 0 Å². The van der Waals surface area contributed by atoms with Crippen LogP contribution in [0.3, 0.4) is 0 Å². The minimum absolute atomic E-state index is 0.639. The summed E-state index contributed by atoms with van der Waals surface area (Å²) in [7, 11) is 0. The largest absolute Gasteiger partial charge is 0.439 e. The van der Waals surface area contributed by atoms with Crippen LogP contribution in [0, 0.1) is 6.92 Å². The van der Waals surface area contributed by atoms with E-state index in [0.29, 0.717) is 12.4 Å². The van der Waals surface area contributed by atoms with Crippen LogP contribution in [0.15, 0.2) is 36.5 Å². The molecule has 3 nitrogen and oxygen atoms in total. The Kier molecular flexibility index (Phi) is 4.53. The maximum Gasteiger partial charge on any atom is 0.222 e. The SMILES string of the molecule is CCc1cccc(Oc2ncc(CCN)cc2C)c1. The van der Waals surface area contributed by atoms with Gasteiger partial charge in [0.25, 0.3) is 0 Å². The van der Waals surface area contributed by atoms with Gasteiger partial charge in [0, 0.05) is 11.8 Å². The molecule has 0 saturated carbocycles. The average Bonchev–Trinajstić information content (AvgIpc) is 2.42. The summed E-state index contributed by atoms with van der Waals surface area (Å²) in [6.07, 6.45) is 3.68. The first-order valence-electron chi connectivity index (χ1n) is 6.65. The predicted molar refractivity (Wildman–Crippen MR) is 77.6 cm³/mol. The topological polar surface area (TPSA) is 48.1 Å². The molecule has 19 heavy (non-hydrogen) atoms. The van der Waals surface area contributed by atoms with Gasteiger partial charge in [-0.2, -0.15) is 0 Å². The van der Waals surface area contributed by atoms with Gasteiger partial charge in [0.2, 0.25) is 5.88 Å². The zero-order chi connectivity index (χ0) is 13.7. The fourth-order valence-electron chi connectivity index (χ4n) is 1.97. The Morgan fingerprint density at radius 1 is 1.21 bits per heavy atom. The van der Waals surface area contributed by atoms with E-state index in [0.717, 1.165) is 29.7 Å². The molecule has 2 rings (SSSR count). The molecule has 1 heterocycles. The van der Waals surface area contributed by atoms with E-state index in [4.69, 9.17) is 10.5 Å². The van der Waals surface area contributed by atoms with Crippen LogP contribution < -0.4 is 10.5 Å². The Balaban J connectivity index is 2.18. The van der Waals surface area contributed by atoms with E-state index >= 15 is 0 Å². The lowest BCUT2D eigenvalue weighted by Gasteiger charge is -2.09. The van der Waals surface area contributed by atoms with Crippen LogP contribution in [0.25, 0.3) is 0 Å². The van der Waals surface area contributed by atoms with Gasteiger partial charge >= 0.3 is 0 Å². The molecule has 100 valence electrons. The van der Waals surface area contributed by atoms with E-state index in [1.54, 1.807) is 0 Å². The van der Waals surface area contributed by atoms with Gasteiger partial charge in [-0.05, 0) is 55.6 Å². The van der Waals surface area contributed by atoms with E-state index in [2.05, 4.69) is 30.1 Å². The Labute approximate surface area is 114 Å². The lowest BCUT2D eigenvalue weighted by Crippen LogP contribution is -2.03. The quantitative estimate of drug-likeness (QED) is 0.893. The standard InChI is InChI=1S/C16H20N2O/c1-3-13-5-4-6-15(10-13)19-16-12(2)9-14(7-8-17)11-18-16/h4-6,9-11H,3,7-8,17H2,1-2H3. The van der Waals surface area contributed by atoms with Crippen LogP contribution in [0.5, 0.6) is 11.6 Å². The lowest BCUT2D eigenvalue weighted by atomic mass is 10.1. The fourth-order valence-corrected chi connectivity index (χ4v) is 1.97. The number of hydrogen-bond acceptors (Lipinski definition) is 3. The average molecular weight is 256 g/mol. The number of rotatable bonds is 5. The third-order valence-corrected chi connectivity index (χ3v) is 3.04. The Hall–Kier alpha value is -1.87. The zero-order valence-electron chi connectivity index (χ0n) is 11.5. The summed E-state index contributed by atoms with van der Waals surface area (Å²) in [6, 6.07) is 10.2. The van der Waals surface area contributed by atoms with Gasteiger partial charge in [-0.15, -0.1) is 0 Å². The summed E-state index contributed by atoms with van der Waals surface area (Å²) >= 11 is 0. The fraction of sp³-hybridized carbons (Fsp3) is 0.312. The number of nitrogens with two attached hydrogens (primary N) is 1. The maximum atomic E-state index is 5.84. The van der Waals surface area contributed by atoms with Gasteiger partial charge in [-0.1, -0.05) is 19.1 Å². The highest BCUT2D eigenvalue weighted by Crippen LogP contribution is 2.24. The number of aryl methyl sites for hydroxylation is 2. The van der Waals surface area contributed by atoms with Gasteiger partial charge in [0.05, 0.1) is 0 Å². The molecule has 0 atom stereocenters. The molecule has 2 N–H and O–H groups in total. The van der Waals surface area contributed by atoms with Crippen molar-refractivity contribution in [1.82, 2.24) is 4.98 Å². The first-order valence-corrected chi connectivity index (χ1v) is 6.65. The molecule has 1 aromatic carbocycles. The van der Waals surface area contributed by atoms with Crippen molar-refractivity contribution in [2.45, 2.75) is 26.7 Å². The summed E-state index contributed by atoms with van der Waals surface area (Å²) in [5.41, 5.74) is 8.99. The highest BCUT2D eigenvalue weighted by Gasteiger charge is 2.05. The Bertz CT molecular complexity index is 552. The normalized spacial score (nSPS) is 10.5. The molecule has 0 fully saturated rings. The minimum atomic E-state index is 0.639. The van der Waals surface area contributed by atoms with Crippen LogP contribution >= 0.6 is 0 Å². The van der Waals surface area contributed by atoms with Gasteiger partial charge in [0.1, 0.15) is 5.75 Å². The number of benzene rings is 1. The second-order valence-electron chi connectivity index (χ2n) is 4.61. The summed E-state index contributed by atoms with van der Waals surface area (Å²) in [4.78, 5) is 4.37. The van der Waals surface area contributed by atoms with E-state index in [1.165, 1.54) is 5.56 Å². The molecule has 0 spiro atoms. The number of aromatic nitrogens is 1. The Morgan fingerprint density at radius 2 is 2.05 bits per heavy atom. The molecule has 0 bridgehead atoms. The smallest absolute Gasteiger partial charge is 0.222 e. The number of pyridine rings is 1. The van der Waals surface area contributed by atoms with E-state index in [9.17, 15) is 0 Å². The molecule has 0 unspecified atom stereocenters. The number of nitrogens with zero attached hydrogens (tertiary/aromatic N) is 1. The molecule has 0 aliphatic rings. The second kappa shape index (κ2) is 6.34. The minimum Gasteiger partial charge on any atom is -0.439 e. The molecule has 0 aliphatic carbocycles. The van der Waals surface area contributed by atoms with Crippen molar-refractivity contribution in [3.05, 3.63) is 53.2 Å². The monoisotopic (exact) mass is 256 g/mol. The van der Waals surface area contributed by atoms with Crippen LogP contribution in [0.2, 0.25) is 0 Å². The third kappa shape index (κ3) is 3.55.